The van der Waals surface area contributed by atoms with Crippen molar-refractivity contribution >= 4 is 28.2 Å². The molecule has 27 heavy (non-hydrogen) atoms. The lowest BCUT2D eigenvalue weighted by molar-refractivity contribution is -0.141. The summed E-state index contributed by atoms with van der Waals surface area (Å²) in [6.07, 6.45) is 4.02. The monoisotopic (exact) mass is 387 g/mol. The summed E-state index contributed by atoms with van der Waals surface area (Å²) in [6, 6.07) is 7.35. The maximum atomic E-state index is 12.2. The van der Waals surface area contributed by atoms with E-state index in [2.05, 4.69) is 10.3 Å². The van der Waals surface area contributed by atoms with Crippen LogP contribution in [0.15, 0.2) is 42.0 Å². The number of ether oxygens (including phenoxy) is 1. The lowest BCUT2D eigenvalue weighted by Crippen LogP contribution is -2.35. The SMILES string of the molecule is CCOc1ccc(CC(CNC(=O)Cc2csc3nccn23)C(=O)O)cc1. The molecule has 3 rings (SSSR count). The van der Waals surface area contributed by atoms with Gasteiger partial charge in [0, 0.05) is 30.0 Å². The molecule has 2 heterocycles. The van der Waals surface area contributed by atoms with Crippen LogP contribution >= 0.6 is 11.3 Å². The normalized spacial score (nSPS) is 12.0. The molecular weight excluding hydrogens is 366 g/mol. The maximum absolute atomic E-state index is 12.2. The van der Waals surface area contributed by atoms with Gasteiger partial charge in [-0.05, 0) is 31.0 Å². The molecule has 0 radical (unpaired) electrons. The molecule has 0 aliphatic carbocycles. The first-order chi connectivity index (χ1) is 13.1. The Kier molecular flexibility index (Phi) is 6.08. The van der Waals surface area contributed by atoms with E-state index in [-0.39, 0.29) is 18.9 Å². The Balaban J connectivity index is 1.55. The molecule has 1 amide bonds. The van der Waals surface area contributed by atoms with E-state index in [0.29, 0.717) is 13.0 Å². The zero-order chi connectivity index (χ0) is 19.2. The summed E-state index contributed by atoms with van der Waals surface area (Å²) in [5.41, 5.74) is 1.72. The van der Waals surface area contributed by atoms with Crippen molar-refractivity contribution in [2.24, 2.45) is 5.92 Å². The first-order valence-electron chi connectivity index (χ1n) is 8.67. The highest BCUT2D eigenvalue weighted by atomic mass is 32.1. The van der Waals surface area contributed by atoms with Crippen LogP contribution in [-0.2, 0) is 22.4 Å². The van der Waals surface area contributed by atoms with Gasteiger partial charge >= 0.3 is 5.97 Å². The first-order valence-corrected chi connectivity index (χ1v) is 9.55. The number of benzene rings is 1. The average molecular weight is 387 g/mol. The van der Waals surface area contributed by atoms with Gasteiger partial charge in [0.2, 0.25) is 5.91 Å². The summed E-state index contributed by atoms with van der Waals surface area (Å²) in [7, 11) is 0. The minimum atomic E-state index is -0.934. The lowest BCUT2D eigenvalue weighted by Gasteiger charge is -2.14. The number of carboxylic acid groups (broad SMARTS) is 1. The number of aliphatic carboxylic acids is 1. The Morgan fingerprint density at radius 3 is 2.81 bits per heavy atom. The van der Waals surface area contributed by atoms with E-state index < -0.39 is 11.9 Å². The number of hydrogen-bond acceptors (Lipinski definition) is 5. The Morgan fingerprint density at radius 2 is 2.11 bits per heavy atom. The van der Waals surface area contributed by atoms with Gasteiger partial charge in [-0.15, -0.1) is 11.3 Å². The predicted molar refractivity (Wildman–Crippen MR) is 102 cm³/mol. The summed E-state index contributed by atoms with van der Waals surface area (Å²) in [6.45, 7) is 2.57. The van der Waals surface area contributed by atoms with Crippen LogP contribution in [0.3, 0.4) is 0 Å². The second kappa shape index (κ2) is 8.68. The molecule has 8 heteroatoms. The molecule has 1 aromatic carbocycles. The van der Waals surface area contributed by atoms with Crippen LogP contribution in [0.2, 0.25) is 0 Å². The standard InChI is InChI=1S/C19H21N3O4S/c1-2-26-16-5-3-13(4-6-16)9-14(18(24)25)11-21-17(23)10-15-12-27-19-20-7-8-22(15)19/h3-8,12,14H,2,9-11H2,1H3,(H,21,23)(H,24,25). The maximum Gasteiger partial charge on any atom is 0.308 e. The molecule has 0 aliphatic heterocycles. The van der Waals surface area contributed by atoms with Crippen molar-refractivity contribution in [2.45, 2.75) is 19.8 Å². The van der Waals surface area contributed by atoms with E-state index in [9.17, 15) is 14.7 Å². The summed E-state index contributed by atoms with van der Waals surface area (Å²) in [5.74, 6) is -1.08. The highest BCUT2D eigenvalue weighted by Gasteiger charge is 2.19. The predicted octanol–water partition coefficient (Wildman–Crippen LogP) is 2.40. The quantitative estimate of drug-likeness (QED) is 0.588. The van der Waals surface area contributed by atoms with Crippen molar-refractivity contribution in [3.05, 3.63) is 53.3 Å². The Bertz CT molecular complexity index is 917. The molecule has 1 unspecified atom stereocenters. The van der Waals surface area contributed by atoms with Gasteiger partial charge in [-0.25, -0.2) is 4.98 Å². The van der Waals surface area contributed by atoms with Crippen LogP contribution in [0.5, 0.6) is 5.75 Å². The summed E-state index contributed by atoms with van der Waals surface area (Å²) >= 11 is 1.47. The number of amides is 1. The molecule has 0 saturated carbocycles. The zero-order valence-electron chi connectivity index (χ0n) is 14.9. The van der Waals surface area contributed by atoms with Gasteiger partial charge in [0.25, 0.3) is 0 Å². The van der Waals surface area contributed by atoms with Crippen molar-refractivity contribution < 1.29 is 19.4 Å². The molecule has 0 fully saturated rings. The van der Waals surface area contributed by atoms with Gasteiger partial charge in [0.05, 0.1) is 18.9 Å². The van der Waals surface area contributed by atoms with E-state index >= 15 is 0 Å². The van der Waals surface area contributed by atoms with E-state index in [1.165, 1.54) is 11.3 Å². The second-order valence-electron chi connectivity index (χ2n) is 6.10. The molecule has 0 spiro atoms. The molecule has 142 valence electrons. The number of aromatic nitrogens is 2. The van der Waals surface area contributed by atoms with Crippen LogP contribution in [0, 0.1) is 5.92 Å². The number of rotatable bonds is 9. The molecule has 0 saturated heterocycles. The van der Waals surface area contributed by atoms with Gasteiger partial charge in [-0.3, -0.25) is 14.0 Å². The van der Waals surface area contributed by atoms with Gasteiger partial charge in [0.1, 0.15) is 5.75 Å². The number of carbonyl (C=O) groups is 2. The van der Waals surface area contributed by atoms with Crippen molar-refractivity contribution in [1.29, 1.82) is 0 Å². The topological polar surface area (TPSA) is 92.9 Å². The lowest BCUT2D eigenvalue weighted by atomic mass is 9.99. The van der Waals surface area contributed by atoms with Crippen LogP contribution in [-0.4, -0.2) is 39.5 Å². The first kappa shape index (κ1) is 18.9. The zero-order valence-corrected chi connectivity index (χ0v) is 15.7. The average Bonchev–Trinajstić information content (AvgIpc) is 3.25. The van der Waals surface area contributed by atoms with E-state index in [1.807, 2.05) is 41.0 Å². The fourth-order valence-electron chi connectivity index (χ4n) is 2.78. The third-order valence-electron chi connectivity index (χ3n) is 4.17. The van der Waals surface area contributed by atoms with E-state index in [0.717, 1.165) is 22.0 Å². The number of thiazole rings is 1. The molecule has 0 bridgehead atoms. The van der Waals surface area contributed by atoms with Crippen LogP contribution in [0.25, 0.3) is 4.96 Å². The minimum absolute atomic E-state index is 0.0819. The molecule has 2 aromatic heterocycles. The minimum Gasteiger partial charge on any atom is -0.494 e. The Hall–Kier alpha value is -2.87. The van der Waals surface area contributed by atoms with E-state index in [4.69, 9.17) is 4.74 Å². The van der Waals surface area contributed by atoms with Crippen LogP contribution in [0.1, 0.15) is 18.2 Å². The van der Waals surface area contributed by atoms with Crippen LogP contribution < -0.4 is 10.1 Å². The fourth-order valence-corrected chi connectivity index (χ4v) is 3.64. The third-order valence-corrected chi connectivity index (χ3v) is 5.07. The second-order valence-corrected chi connectivity index (χ2v) is 6.94. The van der Waals surface area contributed by atoms with E-state index in [1.54, 1.807) is 12.4 Å². The highest BCUT2D eigenvalue weighted by Crippen LogP contribution is 2.16. The van der Waals surface area contributed by atoms with Gasteiger partial charge in [-0.1, -0.05) is 12.1 Å². The van der Waals surface area contributed by atoms with Crippen LogP contribution in [0.4, 0.5) is 0 Å². The molecule has 1 atom stereocenters. The number of hydrogen-bond donors (Lipinski definition) is 2. The number of nitrogens with one attached hydrogen (secondary N) is 1. The van der Waals surface area contributed by atoms with Crippen molar-refractivity contribution in [3.8, 4) is 5.75 Å². The molecular formula is C19H21N3O4S. The summed E-state index contributed by atoms with van der Waals surface area (Å²) in [4.78, 5) is 28.8. The number of fused-ring (bicyclic) bond motifs is 1. The molecule has 2 N–H and O–H groups in total. The van der Waals surface area contributed by atoms with Crippen molar-refractivity contribution in [1.82, 2.24) is 14.7 Å². The Morgan fingerprint density at radius 1 is 1.33 bits per heavy atom. The Labute approximate surface area is 160 Å². The largest absolute Gasteiger partial charge is 0.494 e. The molecule has 7 nitrogen and oxygen atoms in total. The van der Waals surface area contributed by atoms with Crippen molar-refractivity contribution in [3.63, 3.8) is 0 Å². The number of nitrogens with zero attached hydrogens (tertiary/aromatic N) is 2. The van der Waals surface area contributed by atoms with Gasteiger partial charge in [0.15, 0.2) is 4.96 Å². The third kappa shape index (κ3) is 4.85. The molecule has 3 aromatic rings. The number of imidazole rings is 1. The number of carboxylic acids is 1. The fraction of sp³-hybridized carbons (Fsp3) is 0.316. The van der Waals surface area contributed by atoms with Crippen molar-refractivity contribution in [2.75, 3.05) is 13.2 Å². The molecule has 0 aliphatic rings. The smallest absolute Gasteiger partial charge is 0.308 e. The summed E-state index contributed by atoms with van der Waals surface area (Å²) < 4.78 is 7.25. The highest BCUT2D eigenvalue weighted by molar-refractivity contribution is 7.15. The van der Waals surface area contributed by atoms with Gasteiger partial charge < -0.3 is 15.2 Å². The number of carbonyl (C=O) groups excluding carboxylic acids is 1. The van der Waals surface area contributed by atoms with Gasteiger partial charge in [-0.2, -0.15) is 0 Å². The summed E-state index contributed by atoms with van der Waals surface area (Å²) in [5, 5.41) is 14.1.